The molecule has 3 nitrogen and oxygen atoms in total. The molecule has 0 aliphatic carbocycles. The summed E-state index contributed by atoms with van der Waals surface area (Å²) >= 11 is 0. The van der Waals surface area contributed by atoms with Crippen molar-refractivity contribution in [2.45, 2.75) is 22.8 Å². The molecule has 1 aliphatic heterocycles. The first kappa shape index (κ1) is 20.7. The number of aryl methyl sites for hydroxylation is 1. The van der Waals surface area contributed by atoms with Crippen LogP contribution in [0.1, 0.15) is 16.7 Å². The summed E-state index contributed by atoms with van der Waals surface area (Å²) in [4.78, 5) is -1.29. The van der Waals surface area contributed by atoms with Crippen LogP contribution in [-0.4, -0.2) is 19.4 Å². The van der Waals surface area contributed by atoms with E-state index in [1.54, 1.807) is 0 Å². The van der Waals surface area contributed by atoms with Crippen molar-refractivity contribution in [1.82, 2.24) is 0 Å². The molecule has 0 fully saturated rings. The molecule has 152 valence electrons. The average molecular weight is 442 g/mol. The monoisotopic (exact) mass is 442 g/mol. The number of hydrogen-bond acceptors (Lipinski definition) is 3. The van der Waals surface area contributed by atoms with Crippen molar-refractivity contribution >= 4 is 31.4 Å². The van der Waals surface area contributed by atoms with Crippen molar-refractivity contribution in [3.8, 4) is 0 Å². The van der Waals surface area contributed by atoms with Gasteiger partial charge >= 0.3 is 21.1 Å². The summed E-state index contributed by atoms with van der Waals surface area (Å²) in [6.45, 7) is 1.47. The van der Waals surface area contributed by atoms with Crippen LogP contribution in [0.5, 0.6) is 0 Å². The Morgan fingerprint density at radius 3 is 2.04 bits per heavy atom. The molecule has 28 heavy (non-hydrogen) atoms. The molecule has 2 aromatic carbocycles. The number of halogens is 6. The van der Waals surface area contributed by atoms with Crippen LogP contribution in [0.4, 0.5) is 26.3 Å². The first-order valence-corrected chi connectivity index (χ1v) is 10.6. The zero-order chi connectivity index (χ0) is 21.0. The van der Waals surface area contributed by atoms with Crippen molar-refractivity contribution in [1.29, 1.82) is 0 Å². The fourth-order valence-electron chi connectivity index (χ4n) is 2.81. The van der Waals surface area contributed by atoms with Gasteiger partial charge in [0.1, 0.15) is 0 Å². The lowest BCUT2D eigenvalue weighted by Crippen LogP contribution is -2.32. The molecule has 0 radical (unpaired) electrons. The molecule has 0 amide bonds. The van der Waals surface area contributed by atoms with Crippen LogP contribution >= 0.6 is 10.3 Å². The highest BCUT2D eigenvalue weighted by Crippen LogP contribution is 2.80. The number of hydrogen-bond donors (Lipinski definition) is 0. The highest BCUT2D eigenvalue weighted by atomic mass is 32.3. The van der Waals surface area contributed by atoms with Gasteiger partial charge in [0.2, 0.25) is 0 Å². The van der Waals surface area contributed by atoms with E-state index in [1.807, 2.05) is 0 Å². The third-order valence-electron chi connectivity index (χ3n) is 4.04. The molecular weight excluding hydrogens is 430 g/mol. The van der Waals surface area contributed by atoms with Crippen molar-refractivity contribution in [2.75, 3.05) is 0 Å². The summed E-state index contributed by atoms with van der Waals surface area (Å²) in [5.74, 6) is 0. The van der Waals surface area contributed by atoms with Crippen LogP contribution < -0.4 is 0 Å². The van der Waals surface area contributed by atoms with Gasteiger partial charge in [-0.3, -0.25) is 0 Å². The first-order valence-electron chi connectivity index (χ1n) is 7.60. The average Bonchev–Trinajstić information content (AvgIpc) is 2.91. The normalized spacial score (nSPS) is 22.3. The fraction of sp³-hybridized carbons (Fsp3) is 0.176. The predicted molar refractivity (Wildman–Crippen MR) is 93.5 cm³/mol. The molecule has 2 aromatic rings. The van der Waals surface area contributed by atoms with E-state index in [0.717, 1.165) is 12.1 Å². The van der Waals surface area contributed by atoms with Gasteiger partial charge in [0.25, 0.3) is 0 Å². The Morgan fingerprint density at radius 2 is 1.50 bits per heavy atom. The van der Waals surface area contributed by atoms with Gasteiger partial charge in [-0.05, 0) is 35.8 Å². The lowest BCUT2D eigenvalue weighted by atomic mass is 10.1. The van der Waals surface area contributed by atoms with Gasteiger partial charge < -0.3 is 0 Å². The highest BCUT2D eigenvalue weighted by molar-refractivity contribution is 8.41. The first-order chi connectivity index (χ1) is 12.8. The van der Waals surface area contributed by atoms with E-state index in [-0.39, 0.29) is 11.1 Å². The van der Waals surface area contributed by atoms with E-state index in [9.17, 15) is 34.8 Å². The summed E-state index contributed by atoms with van der Waals surface area (Å²) in [5.41, 5.74) is -11.2. The second kappa shape index (κ2) is 6.53. The molecule has 1 heterocycles. The summed E-state index contributed by atoms with van der Waals surface area (Å²) in [6.07, 6.45) is 1.05. The summed E-state index contributed by atoms with van der Waals surface area (Å²) in [5, 5.41) is 0. The number of rotatable bonds is 3. The number of benzene rings is 2. The van der Waals surface area contributed by atoms with Crippen molar-refractivity contribution in [2.24, 2.45) is 0 Å². The summed E-state index contributed by atoms with van der Waals surface area (Å²) < 4.78 is 109. The second-order valence-electron chi connectivity index (χ2n) is 5.83. The van der Waals surface area contributed by atoms with Gasteiger partial charge in [-0.25, -0.2) is 0 Å². The fourth-order valence-corrected chi connectivity index (χ4v) is 7.37. The molecule has 0 saturated carbocycles. The number of alkyl halides is 6. The van der Waals surface area contributed by atoms with E-state index in [1.165, 1.54) is 49.4 Å². The van der Waals surface area contributed by atoms with E-state index in [0.29, 0.717) is 5.56 Å². The lowest BCUT2D eigenvalue weighted by molar-refractivity contribution is -0.0543. The molecule has 3 rings (SSSR count). The van der Waals surface area contributed by atoms with Crippen molar-refractivity contribution in [3.05, 3.63) is 65.2 Å². The Labute approximate surface area is 158 Å². The van der Waals surface area contributed by atoms with E-state index in [2.05, 4.69) is 3.63 Å². The van der Waals surface area contributed by atoms with Crippen LogP contribution in [0, 0.1) is 6.92 Å². The van der Waals surface area contributed by atoms with Crippen LogP contribution in [0.2, 0.25) is 0 Å². The Hall–Kier alpha value is -1.98. The van der Waals surface area contributed by atoms with Crippen molar-refractivity contribution in [3.63, 3.8) is 0 Å². The quantitative estimate of drug-likeness (QED) is 0.435. The predicted octanol–water partition coefficient (Wildman–Crippen LogP) is 5.97. The Kier molecular flexibility index (Phi) is 4.84. The Balaban J connectivity index is 2.39. The Morgan fingerprint density at radius 1 is 0.893 bits per heavy atom. The lowest BCUT2D eigenvalue weighted by Gasteiger charge is -2.39. The van der Waals surface area contributed by atoms with Gasteiger partial charge in [-0.1, -0.05) is 42.5 Å². The molecular formula is C17H12F6O3S2. The van der Waals surface area contributed by atoms with Gasteiger partial charge in [0, 0.05) is 20.1 Å². The molecule has 0 N–H and O–H groups in total. The minimum atomic E-state index is -6.54. The van der Waals surface area contributed by atoms with Crippen molar-refractivity contribution < 1.29 is 38.4 Å². The van der Waals surface area contributed by atoms with Gasteiger partial charge in [0.15, 0.2) is 0 Å². The topological polar surface area (TPSA) is 43.4 Å². The third kappa shape index (κ3) is 3.11. The molecule has 1 atom stereocenters. The maximum Gasteiger partial charge on any atom is 0.523 e. The molecule has 0 saturated heterocycles. The van der Waals surface area contributed by atoms with Crippen LogP contribution in [0.3, 0.4) is 0 Å². The van der Waals surface area contributed by atoms with Crippen LogP contribution in [0.15, 0.2) is 53.4 Å². The zero-order valence-electron chi connectivity index (χ0n) is 14.0. The molecule has 0 spiro atoms. The largest absolute Gasteiger partial charge is 0.523 e. The summed E-state index contributed by atoms with van der Waals surface area (Å²) in [6, 6.07) is 10.4. The molecule has 11 heteroatoms. The second-order valence-corrected chi connectivity index (χ2v) is 10.2. The zero-order valence-corrected chi connectivity index (χ0v) is 15.6. The maximum atomic E-state index is 14.3. The SMILES string of the molecule is Cc1cccc2c1C=C(c1ccccc1)S2(OS(=O)(=O)C(F)(F)F)C(F)(F)F. The minimum Gasteiger partial charge on any atom is -0.196 e. The van der Waals surface area contributed by atoms with E-state index < -0.39 is 41.2 Å². The van der Waals surface area contributed by atoms with Gasteiger partial charge in [-0.15, -0.1) is 0 Å². The summed E-state index contributed by atoms with van der Waals surface area (Å²) in [7, 11) is -11.6. The molecule has 1 aliphatic rings. The van der Waals surface area contributed by atoms with Gasteiger partial charge in [0.05, 0.1) is 0 Å². The minimum absolute atomic E-state index is 0.00828. The van der Waals surface area contributed by atoms with Crippen LogP contribution in [-0.2, 0) is 13.7 Å². The molecule has 0 aromatic heterocycles. The Bertz CT molecular complexity index is 1040. The smallest absolute Gasteiger partial charge is 0.196 e. The van der Waals surface area contributed by atoms with Crippen LogP contribution in [0.25, 0.3) is 11.0 Å². The maximum absolute atomic E-state index is 14.3. The number of fused-ring (bicyclic) bond motifs is 1. The highest BCUT2D eigenvalue weighted by Gasteiger charge is 2.64. The van der Waals surface area contributed by atoms with E-state index in [4.69, 9.17) is 0 Å². The standard InChI is InChI=1S/C17H12F6O3S2/c1-11-6-5-9-14-13(11)10-15(12-7-3-2-4-8-12)27(14,16(18,19)20)26-28(24,25)17(21,22)23/h2-10H,1H3. The molecule has 0 bridgehead atoms. The van der Waals surface area contributed by atoms with Gasteiger partial charge in [-0.2, -0.15) is 38.4 Å². The molecule has 1 unspecified atom stereocenters. The van der Waals surface area contributed by atoms with E-state index >= 15 is 0 Å². The third-order valence-corrected chi connectivity index (χ3v) is 8.74.